The summed E-state index contributed by atoms with van der Waals surface area (Å²) in [7, 11) is 2.96. The first-order chi connectivity index (χ1) is 14.8. The van der Waals surface area contributed by atoms with E-state index in [0.717, 1.165) is 19.4 Å². The molecular weight excluding hydrogens is 409 g/mol. The standard InChI is InChI=1S/C23H23F3N2O3/c1-30-19-8-6-13(11-20(19)31-2)21-16(12-23(24,25)26)15-10-14(5-7-17(15)28-21)22(29)18-4-3-9-27-18/h5-8,10-11,18,27-28H,3-4,9,12H2,1-2H3. The molecule has 2 N–H and O–H groups in total. The molecule has 164 valence electrons. The maximum atomic E-state index is 13.5. The number of rotatable bonds is 6. The summed E-state index contributed by atoms with van der Waals surface area (Å²) in [6, 6.07) is 9.58. The Kier molecular flexibility index (Phi) is 5.66. The molecule has 1 unspecified atom stereocenters. The highest BCUT2D eigenvalue weighted by Crippen LogP contribution is 2.38. The van der Waals surface area contributed by atoms with Crippen LogP contribution in [0.3, 0.4) is 0 Å². The Morgan fingerprint density at radius 2 is 1.87 bits per heavy atom. The summed E-state index contributed by atoms with van der Waals surface area (Å²) in [5.74, 6) is 0.808. The molecule has 1 atom stereocenters. The van der Waals surface area contributed by atoms with Crippen LogP contribution in [0.2, 0.25) is 0 Å². The lowest BCUT2D eigenvalue weighted by atomic mass is 9.98. The van der Waals surface area contributed by atoms with Crippen LogP contribution in [0.15, 0.2) is 36.4 Å². The summed E-state index contributed by atoms with van der Waals surface area (Å²) < 4.78 is 51.0. The van der Waals surface area contributed by atoms with Gasteiger partial charge in [0.25, 0.3) is 0 Å². The Labute approximate surface area is 177 Å². The first-order valence-corrected chi connectivity index (χ1v) is 10.0. The topological polar surface area (TPSA) is 63.4 Å². The van der Waals surface area contributed by atoms with E-state index in [0.29, 0.717) is 39.2 Å². The highest BCUT2D eigenvalue weighted by Gasteiger charge is 2.32. The van der Waals surface area contributed by atoms with Crippen molar-refractivity contribution in [2.45, 2.75) is 31.5 Å². The van der Waals surface area contributed by atoms with Crippen LogP contribution < -0.4 is 14.8 Å². The molecule has 8 heteroatoms. The van der Waals surface area contributed by atoms with Gasteiger partial charge in [-0.15, -0.1) is 0 Å². The van der Waals surface area contributed by atoms with Gasteiger partial charge in [0.1, 0.15) is 0 Å². The minimum atomic E-state index is -4.41. The molecule has 5 nitrogen and oxygen atoms in total. The largest absolute Gasteiger partial charge is 0.493 e. The van der Waals surface area contributed by atoms with E-state index < -0.39 is 12.6 Å². The smallest absolute Gasteiger partial charge is 0.393 e. The van der Waals surface area contributed by atoms with Gasteiger partial charge in [0.15, 0.2) is 17.3 Å². The zero-order valence-corrected chi connectivity index (χ0v) is 17.2. The summed E-state index contributed by atoms with van der Waals surface area (Å²) in [4.78, 5) is 15.9. The number of hydrogen-bond acceptors (Lipinski definition) is 4. The Hall–Kier alpha value is -3.00. The van der Waals surface area contributed by atoms with Crippen molar-refractivity contribution < 1.29 is 27.4 Å². The number of carbonyl (C=O) groups excluding carboxylic acids is 1. The van der Waals surface area contributed by atoms with E-state index in [1.165, 1.54) is 14.2 Å². The molecule has 1 aliphatic rings. The fraction of sp³-hybridized carbons (Fsp3) is 0.348. The number of benzene rings is 2. The summed E-state index contributed by atoms with van der Waals surface area (Å²) in [5.41, 5.74) is 1.94. The van der Waals surface area contributed by atoms with Crippen LogP contribution >= 0.6 is 0 Å². The van der Waals surface area contributed by atoms with Crippen LogP contribution in [0.1, 0.15) is 28.8 Å². The maximum absolute atomic E-state index is 13.5. The third-order valence-corrected chi connectivity index (χ3v) is 5.62. The second-order valence-electron chi connectivity index (χ2n) is 7.61. The highest BCUT2D eigenvalue weighted by molar-refractivity contribution is 6.04. The lowest BCUT2D eigenvalue weighted by molar-refractivity contribution is -0.126. The number of Topliss-reactive ketones (excluding diaryl/α,β-unsaturated/α-hetero) is 1. The van der Waals surface area contributed by atoms with Crippen molar-refractivity contribution in [2.75, 3.05) is 20.8 Å². The van der Waals surface area contributed by atoms with Crippen molar-refractivity contribution in [3.8, 4) is 22.8 Å². The van der Waals surface area contributed by atoms with Crippen molar-refractivity contribution in [2.24, 2.45) is 0 Å². The fourth-order valence-corrected chi connectivity index (χ4v) is 4.13. The number of carbonyl (C=O) groups is 1. The number of ether oxygens (including phenoxy) is 2. The van der Waals surface area contributed by atoms with Crippen LogP contribution in [0.25, 0.3) is 22.2 Å². The molecule has 0 radical (unpaired) electrons. The van der Waals surface area contributed by atoms with E-state index in [-0.39, 0.29) is 17.4 Å². The molecule has 0 spiro atoms. The number of H-pyrrole nitrogens is 1. The summed E-state index contributed by atoms with van der Waals surface area (Å²) in [6.45, 7) is 0.769. The zero-order valence-electron chi connectivity index (χ0n) is 17.2. The number of ketones is 1. The number of aromatic nitrogens is 1. The molecule has 0 aliphatic carbocycles. The monoisotopic (exact) mass is 432 g/mol. The van der Waals surface area contributed by atoms with E-state index in [1.807, 2.05) is 0 Å². The molecule has 4 rings (SSSR count). The van der Waals surface area contributed by atoms with E-state index >= 15 is 0 Å². The van der Waals surface area contributed by atoms with Gasteiger partial charge in [0.2, 0.25) is 0 Å². The van der Waals surface area contributed by atoms with Crippen LogP contribution in [0.4, 0.5) is 13.2 Å². The Morgan fingerprint density at radius 1 is 1.10 bits per heavy atom. The molecule has 0 saturated carbocycles. The van der Waals surface area contributed by atoms with Crippen molar-refractivity contribution >= 4 is 16.7 Å². The Morgan fingerprint density at radius 3 is 2.52 bits per heavy atom. The number of halogens is 3. The molecule has 2 aromatic carbocycles. The van der Waals surface area contributed by atoms with Gasteiger partial charge in [-0.3, -0.25) is 4.79 Å². The van der Waals surface area contributed by atoms with Gasteiger partial charge in [-0.1, -0.05) is 0 Å². The third kappa shape index (κ3) is 4.25. The molecule has 2 heterocycles. The van der Waals surface area contributed by atoms with E-state index in [9.17, 15) is 18.0 Å². The molecule has 1 aromatic heterocycles. The van der Waals surface area contributed by atoms with Gasteiger partial charge < -0.3 is 19.8 Å². The predicted octanol–water partition coefficient (Wildman–Crippen LogP) is 4.89. The summed E-state index contributed by atoms with van der Waals surface area (Å²) in [5, 5.41) is 3.54. The number of hydrogen-bond donors (Lipinski definition) is 2. The van der Waals surface area contributed by atoms with E-state index in [1.54, 1.807) is 36.4 Å². The molecule has 1 fully saturated rings. The van der Waals surface area contributed by atoms with Gasteiger partial charge in [-0.05, 0) is 61.3 Å². The normalized spacial score (nSPS) is 16.6. The minimum Gasteiger partial charge on any atom is -0.493 e. The number of alkyl halides is 3. The predicted molar refractivity (Wildman–Crippen MR) is 112 cm³/mol. The van der Waals surface area contributed by atoms with Crippen molar-refractivity contribution in [3.63, 3.8) is 0 Å². The molecule has 31 heavy (non-hydrogen) atoms. The quantitative estimate of drug-likeness (QED) is 0.545. The molecule has 0 bridgehead atoms. The SMILES string of the molecule is COc1ccc(-c2[nH]c3ccc(C(=O)C4CCCN4)cc3c2CC(F)(F)F)cc1OC. The fourth-order valence-electron chi connectivity index (χ4n) is 4.13. The number of nitrogens with one attached hydrogen (secondary N) is 2. The zero-order chi connectivity index (χ0) is 22.2. The van der Waals surface area contributed by atoms with Gasteiger partial charge in [-0.25, -0.2) is 0 Å². The van der Waals surface area contributed by atoms with Gasteiger partial charge >= 0.3 is 6.18 Å². The second-order valence-corrected chi connectivity index (χ2v) is 7.61. The van der Waals surface area contributed by atoms with E-state index in [4.69, 9.17) is 9.47 Å². The third-order valence-electron chi connectivity index (χ3n) is 5.62. The minimum absolute atomic E-state index is 0.0915. The summed E-state index contributed by atoms with van der Waals surface area (Å²) >= 11 is 0. The van der Waals surface area contributed by atoms with Gasteiger partial charge in [-0.2, -0.15) is 13.2 Å². The number of methoxy groups -OCH3 is 2. The second kappa shape index (κ2) is 8.26. The van der Waals surface area contributed by atoms with E-state index in [2.05, 4.69) is 10.3 Å². The number of fused-ring (bicyclic) bond motifs is 1. The first kappa shape index (κ1) is 21.2. The molecule has 3 aromatic rings. The molecular formula is C23H23F3N2O3. The molecule has 0 amide bonds. The lowest BCUT2D eigenvalue weighted by Gasteiger charge is -2.12. The first-order valence-electron chi connectivity index (χ1n) is 10.0. The lowest BCUT2D eigenvalue weighted by Crippen LogP contribution is -2.30. The van der Waals surface area contributed by atoms with Crippen molar-refractivity contribution in [3.05, 3.63) is 47.5 Å². The average Bonchev–Trinajstić information content (AvgIpc) is 3.40. The van der Waals surface area contributed by atoms with Crippen LogP contribution in [0.5, 0.6) is 11.5 Å². The van der Waals surface area contributed by atoms with Gasteiger partial charge in [0.05, 0.1) is 32.4 Å². The van der Waals surface area contributed by atoms with Crippen molar-refractivity contribution in [1.82, 2.24) is 10.3 Å². The van der Waals surface area contributed by atoms with Crippen molar-refractivity contribution in [1.29, 1.82) is 0 Å². The maximum Gasteiger partial charge on any atom is 0.393 e. The highest BCUT2D eigenvalue weighted by atomic mass is 19.4. The van der Waals surface area contributed by atoms with Crippen LogP contribution in [0, 0.1) is 0 Å². The average molecular weight is 432 g/mol. The van der Waals surface area contributed by atoms with Crippen LogP contribution in [-0.4, -0.2) is 43.7 Å². The van der Waals surface area contributed by atoms with Gasteiger partial charge in [0, 0.05) is 22.0 Å². The number of aromatic amines is 1. The van der Waals surface area contributed by atoms with Crippen LogP contribution in [-0.2, 0) is 6.42 Å². The summed E-state index contributed by atoms with van der Waals surface area (Å²) in [6.07, 6.45) is -3.88. The molecule has 1 aliphatic heterocycles. The Bertz CT molecular complexity index is 1120. The molecule has 1 saturated heterocycles. The Balaban J connectivity index is 1.85.